The van der Waals surface area contributed by atoms with Crippen molar-refractivity contribution in [2.24, 2.45) is 0 Å². The van der Waals surface area contributed by atoms with E-state index >= 15 is 0 Å². The molecule has 0 radical (unpaired) electrons. The lowest BCUT2D eigenvalue weighted by molar-refractivity contribution is 0.0964. The number of carbonyl (C=O) groups is 1. The number of benzene rings is 2. The number of nitrogens with one attached hydrogen (secondary N) is 2. The van der Waals surface area contributed by atoms with Gasteiger partial charge in [-0.15, -0.1) is 0 Å². The number of nitrogens with zero attached hydrogens (tertiary/aromatic N) is 2. The Morgan fingerprint density at radius 3 is 2.73 bits per heavy atom. The summed E-state index contributed by atoms with van der Waals surface area (Å²) in [5.74, 6) is 1.20. The molecule has 1 unspecified atom stereocenters. The van der Waals surface area contributed by atoms with Gasteiger partial charge < -0.3 is 20.8 Å². The summed E-state index contributed by atoms with van der Waals surface area (Å²) in [5, 5.41) is 2.64. The average molecular weight is 401 g/mol. The highest BCUT2D eigenvalue weighted by atomic mass is 16.5. The Balaban J connectivity index is 1.65. The van der Waals surface area contributed by atoms with Crippen molar-refractivity contribution in [3.8, 4) is 16.9 Å². The molecular weight excluding hydrogens is 378 g/mol. The predicted octanol–water partition coefficient (Wildman–Crippen LogP) is 4.02. The molecule has 0 spiro atoms. The van der Waals surface area contributed by atoms with E-state index in [1.807, 2.05) is 50.2 Å². The second-order valence-electron chi connectivity index (χ2n) is 7.14. The van der Waals surface area contributed by atoms with Crippen molar-refractivity contribution in [2.75, 3.05) is 12.8 Å². The van der Waals surface area contributed by atoms with E-state index in [-0.39, 0.29) is 5.91 Å². The standard InChI is InChI=1S/C23H23N5O2/c1-13-6-4-7-15(10-13)16-11-19(21(24)26-12-16)30-14(2)22-27-18-9-5-8-17(20(18)28-22)23(29)25-3/h4-12,14H,1-3H3,(H2,24,26)(H,25,29)(H,27,28). The lowest BCUT2D eigenvalue weighted by Crippen LogP contribution is -2.18. The quantitative estimate of drug-likeness (QED) is 0.468. The second-order valence-corrected chi connectivity index (χ2v) is 7.14. The molecule has 30 heavy (non-hydrogen) atoms. The number of aromatic nitrogens is 3. The summed E-state index contributed by atoms with van der Waals surface area (Å²) in [6.45, 7) is 3.92. The van der Waals surface area contributed by atoms with Crippen molar-refractivity contribution in [1.82, 2.24) is 20.3 Å². The molecule has 0 bridgehead atoms. The molecule has 4 aromatic rings. The van der Waals surface area contributed by atoms with Crippen LogP contribution in [0, 0.1) is 6.92 Å². The van der Waals surface area contributed by atoms with E-state index in [4.69, 9.17) is 10.5 Å². The molecule has 2 aromatic carbocycles. The Bertz CT molecular complexity index is 1230. The smallest absolute Gasteiger partial charge is 0.253 e. The number of ether oxygens (including phenoxy) is 1. The van der Waals surface area contributed by atoms with Gasteiger partial charge in [-0.3, -0.25) is 4.79 Å². The van der Waals surface area contributed by atoms with Gasteiger partial charge in [-0.05, 0) is 37.6 Å². The third kappa shape index (κ3) is 3.69. The number of imidazole rings is 1. The van der Waals surface area contributed by atoms with Crippen molar-refractivity contribution in [2.45, 2.75) is 20.0 Å². The van der Waals surface area contributed by atoms with Crippen molar-refractivity contribution in [3.63, 3.8) is 0 Å². The van der Waals surface area contributed by atoms with Gasteiger partial charge in [0.15, 0.2) is 17.7 Å². The van der Waals surface area contributed by atoms with E-state index in [1.54, 1.807) is 19.3 Å². The highest BCUT2D eigenvalue weighted by Gasteiger charge is 2.18. The fourth-order valence-electron chi connectivity index (χ4n) is 3.34. The first-order valence-electron chi connectivity index (χ1n) is 9.66. The molecule has 1 amide bonds. The van der Waals surface area contributed by atoms with Gasteiger partial charge in [0.2, 0.25) is 0 Å². The van der Waals surface area contributed by atoms with Gasteiger partial charge in [0.05, 0.1) is 11.1 Å². The largest absolute Gasteiger partial charge is 0.479 e. The number of amides is 1. The van der Waals surface area contributed by atoms with Crippen LogP contribution in [0.4, 0.5) is 5.82 Å². The fourth-order valence-corrected chi connectivity index (χ4v) is 3.34. The van der Waals surface area contributed by atoms with E-state index in [2.05, 4.69) is 26.3 Å². The van der Waals surface area contributed by atoms with Gasteiger partial charge in [-0.1, -0.05) is 35.9 Å². The average Bonchev–Trinajstić information content (AvgIpc) is 3.19. The first-order chi connectivity index (χ1) is 14.5. The lowest BCUT2D eigenvalue weighted by atomic mass is 10.1. The van der Waals surface area contributed by atoms with Crippen LogP contribution >= 0.6 is 0 Å². The number of pyridine rings is 1. The summed E-state index contributed by atoms with van der Waals surface area (Å²) >= 11 is 0. The number of aromatic amines is 1. The number of anilines is 1. The summed E-state index contributed by atoms with van der Waals surface area (Å²) in [6.07, 6.45) is 1.31. The van der Waals surface area contributed by atoms with E-state index in [0.29, 0.717) is 28.5 Å². The first kappa shape index (κ1) is 19.4. The summed E-state index contributed by atoms with van der Waals surface area (Å²) < 4.78 is 6.10. The monoisotopic (exact) mass is 401 g/mol. The molecule has 2 aromatic heterocycles. The minimum Gasteiger partial charge on any atom is -0.479 e. The third-order valence-corrected chi connectivity index (χ3v) is 4.92. The Kier molecular flexibility index (Phi) is 5.10. The van der Waals surface area contributed by atoms with Crippen LogP contribution in [0.5, 0.6) is 5.75 Å². The molecule has 0 saturated heterocycles. The van der Waals surface area contributed by atoms with E-state index in [1.165, 1.54) is 0 Å². The lowest BCUT2D eigenvalue weighted by Gasteiger charge is -2.15. The second kappa shape index (κ2) is 7.87. The van der Waals surface area contributed by atoms with Gasteiger partial charge in [-0.2, -0.15) is 0 Å². The predicted molar refractivity (Wildman–Crippen MR) is 117 cm³/mol. The maximum Gasteiger partial charge on any atom is 0.253 e. The fraction of sp³-hybridized carbons (Fsp3) is 0.174. The van der Waals surface area contributed by atoms with Crippen LogP contribution in [0.1, 0.15) is 34.8 Å². The van der Waals surface area contributed by atoms with Crippen LogP contribution in [0.15, 0.2) is 54.7 Å². The van der Waals surface area contributed by atoms with Crippen molar-refractivity contribution in [3.05, 3.63) is 71.7 Å². The molecule has 4 N–H and O–H groups in total. The van der Waals surface area contributed by atoms with Crippen LogP contribution < -0.4 is 15.8 Å². The van der Waals surface area contributed by atoms with Crippen LogP contribution in [0.2, 0.25) is 0 Å². The Hall–Kier alpha value is -3.87. The molecule has 0 aliphatic rings. The molecule has 1 atom stereocenters. The number of nitrogens with two attached hydrogens (primary N) is 1. The molecule has 7 heteroatoms. The third-order valence-electron chi connectivity index (χ3n) is 4.92. The van der Waals surface area contributed by atoms with Gasteiger partial charge in [0.25, 0.3) is 5.91 Å². The normalized spacial score (nSPS) is 12.0. The molecule has 2 heterocycles. The SMILES string of the molecule is CNC(=O)c1cccc2[nH]c(C(C)Oc3cc(-c4cccc(C)c4)cnc3N)nc12. The number of fused-ring (bicyclic) bond motifs is 1. The molecule has 7 nitrogen and oxygen atoms in total. The summed E-state index contributed by atoms with van der Waals surface area (Å²) in [4.78, 5) is 24.2. The molecular formula is C23H23N5O2. The molecule has 0 saturated carbocycles. The zero-order valence-electron chi connectivity index (χ0n) is 17.1. The van der Waals surface area contributed by atoms with Crippen molar-refractivity contribution < 1.29 is 9.53 Å². The summed E-state index contributed by atoms with van der Waals surface area (Å²) in [5.41, 5.74) is 11.1. The van der Waals surface area contributed by atoms with Gasteiger partial charge in [-0.25, -0.2) is 9.97 Å². The number of hydrogen-bond donors (Lipinski definition) is 3. The summed E-state index contributed by atoms with van der Waals surface area (Å²) in [7, 11) is 1.59. The van der Waals surface area contributed by atoms with Crippen LogP contribution in [-0.4, -0.2) is 27.9 Å². The maximum atomic E-state index is 12.1. The zero-order chi connectivity index (χ0) is 21.3. The van der Waals surface area contributed by atoms with Crippen LogP contribution in [0.3, 0.4) is 0 Å². The van der Waals surface area contributed by atoms with Gasteiger partial charge >= 0.3 is 0 Å². The number of H-pyrrole nitrogens is 1. The minimum absolute atomic E-state index is 0.188. The number of nitrogen functional groups attached to an aromatic ring is 1. The number of para-hydroxylation sites is 1. The number of hydrogen-bond acceptors (Lipinski definition) is 5. The van der Waals surface area contributed by atoms with Crippen LogP contribution in [-0.2, 0) is 0 Å². The Morgan fingerprint density at radius 1 is 1.17 bits per heavy atom. The van der Waals surface area contributed by atoms with Crippen molar-refractivity contribution in [1.29, 1.82) is 0 Å². The number of carbonyl (C=O) groups excluding carboxylic acids is 1. The Morgan fingerprint density at radius 2 is 1.97 bits per heavy atom. The maximum absolute atomic E-state index is 12.1. The molecule has 0 fully saturated rings. The van der Waals surface area contributed by atoms with Crippen LogP contribution in [0.25, 0.3) is 22.2 Å². The summed E-state index contributed by atoms with van der Waals surface area (Å²) in [6, 6.07) is 15.5. The minimum atomic E-state index is -0.424. The molecule has 4 rings (SSSR count). The Labute approximate surface area is 174 Å². The topological polar surface area (TPSA) is 106 Å². The number of aryl methyl sites for hydroxylation is 1. The van der Waals surface area contributed by atoms with E-state index in [9.17, 15) is 4.79 Å². The number of rotatable bonds is 5. The highest BCUT2D eigenvalue weighted by molar-refractivity contribution is 6.04. The molecule has 0 aliphatic carbocycles. The first-order valence-corrected chi connectivity index (χ1v) is 9.66. The molecule has 152 valence electrons. The van der Waals surface area contributed by atoms with Gasteiger partial charge in [0.1, 0.15) is 11.3 Å². The van der Waals surface area contributed by atoms with Gasteiger partial charge in [0, 0.05) is 18.8 Å². The van der Waals surface area contributed by atoms with Crippen molar-refractivity contribution >= 4 is 22.8 Å². The van der Waals surface area contributed by atoms with E-state index < -0.39 is 6.10 Å². The molecule has 0 aliphatic heterocycles. The highest BCUT2D eigenvalue weighted by Crippen LogP contribution is 2.31. The van der Waals surface area contributed by atoms with E-state index in [0.717, 1.165) is 22.2 Å². The zero-order valence-corrected chi connectivity index (χ0v) is 17.1.